The molecule has 1 aromatic heterocycles. The average molecular weight is 276 g/mol. The Labute approximate surface area is 116 Å². The maximum atomic E-state index is 12.2. The normalized spacial score (nSPS) is 10.4. The lowest BCUT2D eigenvalue weighted by molar-refractivity contribution is 0.0757. The van der Waals surface area contributed by atoms with Gasteiger partial charge >= 0.3 is 0 Å². The van der Waals surface area contributed by atoms with Gasteiger partial charge in [-0.2, -0.15) is 8.75 Å². The Balaban J connectivity index is 1.98. The van der Waals surface area contributed by atoms with Gasteiger partial charge in [0.15, 0.2) is 5.69 Å². The zero-order valence-corrected chi connectivity index (χ0v) is 11.3. The molecule has 1 heterocycles. The first kappa shape index (κ1) is 13.6. The number of nitrogens with zero attached hydrogens (tertiary/aromatic N) is 3. The molecule has 100 valence electrons. The highest BCUT2D eigenvalue weighted by Gasteiger charge is 2.17. The fraction of sp³-hybridized carbons (Fsp3) is 0.308. The van der Waals surface area contributed by atoms with Crippen LogP contribution in [-0.2, 0) is 6.42 Å². The minimum absolute atomic E-state index is 0.102. The van der Waals surface area contributed by atoms with Gasteiger partial charge in [-0.1, -0.05) is 30.3 Å². The lowest BCUT2D eigenvalue weighted by Crippen LogP contribution is -2.37. The van der Waals surface area contributed by atoms with Crippen LogP contribution in [0.15, 0.2) is 36.5 Å². The molecular formula is C13H16N4OS. The van der Waals surface area contributed by atoms with Crippen molar-refractivity contribution in [1.29, 1.82) is 0 Å². The van der Waals surface area contributed by atoms with Crippen LogP contribution in [0.5, 0.6) is 0 Å². The number of carbonyl (C=O) groups excluding carboxylic acids is 1. The van der Waals surface area contributed by atoms with Crippen molar-refractivity contribution in [1.82, 2.24) is 13.6 Å². The van der Waals surface area contributed by atoms with Crippen LogP contribution in [0.2, 0.25) is 0 Å². The zero-order valence-electron chi connectivity index (χ0n) is 10.5. The van der Waals surface area contributed by atoms with Crippen molar-refractivity contribution in [3.63, 3.8) is 0 Å². The number of amides is 1. The van der Waals surface area contributed by atoms with Gasteiger partial charge in [0.05, 0.1) is 17.9 Å². The van der Waals surface area contributed by atoms with E-state index < -0.39 is 0 Å². The first-order chi connectivity index (χ1) is 9.31. The van der Waals surface area contributed by atoms with Gasteiger partial charge < -0.3 is 10.6 Å². The van der Waals surface area contributed by atoms with Crippen LogP contribution in [-0.4, -0.2) is 39.2 Å². The summed E-state index contributed by atoms with van der Waals surface area (Å²) in [6.07, 6.45) is 2.31. The minimum atomic E-state index is -0.102. The molecule has 0 saturated carbocycles. The standard InChI is InChI=1S/C13H16N4OS/c14-7-9-17(13(18)12-10-15-19-16-12)8-6-11-4-2-1-3-5-11/h1-5,10H,6-9,14H2. The number of nitrogens with two attached hydrogens (primary N) is 1. The van der Waals surface area contributed by atoms with Crippen molar-refractivity contribution in [2.45, 2.75) is 6.42 Å². The number of carbonyl (C=O) groups is 1. The third-order valence-electron chi connectivity index (χ3n) is 2.78. The Morgan fingerprint density at radius 3 is 2.68 bits per heavy atom. The van der Waals surface area contributed by atoms with Gasteiger partial charge in [0, 0.05) is 19.6 Å². The predicted octanol–water partition coefficient (Wildman–Crippen LogP) is 1.18. The van der Waals surface area contributed by atoms with Gasteiger partial charge in [0.1, 0.15) is 0 Å². The summed E-state index contributed by atoms with van der Waals surface area (Å²) in [7, 11) is 0. The second-order valence-electron chi connectivity index (χ2n) is 4.11. The van der Waals surface area contributed by atoms with Gasteiger partial charge in [-0.25, -0.2) is 0 Å². The van der Waals surface area contributed by atoms with Crippen LogP contribution in [0.25, 0.3) is 0 Å². The number of hydrogen-bond donors (Lipinski definition) is 1. The van der Waals surface area contributed by atoms with Crippen molar-refractivity contribution in [3.8, 4) is 0 Å². The van der Waals surface area contributed by atoms with Crippen molar-refractivity contribution >= 4 is 17.6 Å². The van der Waals surface area contributed by atoms with Gasteiger partial charge in [0.2, 0.25) is 0 Å². The van der Waals surface area contributed by atoms with Gasteiger partial charge in [-0.3, -0.25) is 4.79 Å². The number of rotatable bonds is 6. The Morgan fingerprint density at radius 2 is 2.05 bits per heavy atom. The second kappa shape index (κ2) is 6.96. The highest BCUT2D eigenvalue weighted by molar-refractivity contribution is 6.99. The van der Waals surface area contributed by atoms with Gasteiger partial charge in [-0.05, 0) is 12.0 Å². The summed E-state index contributed by atoms with van der Waals surface area (Å²) in [5, 5.41) is 0. The van der Waals surface area contributed by atoms with E-state index in [4.69, 9.17) is 5.73 Å². The quantitative estimate of drug-likeness (QED) is 0.860. The van der Waals surface area contributed by atoms with Crippen LogP contribution >= 0.6 is 11.7 Å². The zero-order chi connectivity index (χ0) is 13.5. The van der Waals surface area contributed by atoms with Crippen molar-refractivity contribution < 1.29 is 4.79 Å². The van der Waals surface area contributed by atoms with Crippen molar-refractivity contribution in [2.24, 2.45) is 5.73 Å². The summed E-state index contributed by atoms with van der Waals surface area (Å²) in [4.78, 5) is 13.9. The molecule has 6 heteroatoms. The summed E-state index contributed by atoms with van der Waals surface area (Å²) >= 11 is 1.04. The van der Waals surface area contributed by atoms with E-state index in [1.807, 2.05) is 18.2 Å². The van der Waals surface area contributed by atoms with E-state index in [2.05, 4.69) is 20.9 Å². The Hall–Kier alpha value is -1.79. The third kappa shape index (κ3) is 3.84. The smallest absolute Gasteiger partial charge is 0.275 e. The molecule has 0 unspecified atom stereocenters. The topological polar surface area (TPSA) is 72.1 Å². The lowest BCUT2D eigenvalue weighted by Gasteiger charge is -2.20. The summed E-state index contributed by atoms with van der Waals surface area (Å²) in [5.74, 6) is -0.102. The van der Waals surface area contributed by atoms with Gasteiger partial charge in [-0.15, -0.1) is 0 Å². The van der Waals surface area contributed by atoms with Crippen LogP contribution in [0.1, 0.15) is 16.1 Å². The van der Waals surface area contributed by atoms with Crippen molar-refractivity contribution in [2.75, 3.05) is 19.6 Å². The fourth-order valence-electron chi connectivity index (χ4n) is 1.80. The van der Waals surface area contributed by atoms with Crippen molar-refractivity contribution in [3.05, 3.63) is 47.8 Å². The van der Waals surface area contributed by atoms with E-state index in [0.717, 1.165) is 18.1 Å². The Morgan fingerprint density at radius 1 is 1.26 bits per heavy atom. The maximum absolute atomic E-state index is 12.2. The van der Waals surface area contributed by atoms with E-state index in [9.17, 15) is 4.79 Å². The molecule has 0 bridgehead atoms. The molecule has 0 atom stereocenters. The highest BCUT2D eigenvalue weighted by atomic mass is 32.1. The van der Waals surface area contributed by atoms with E-state index >= 15 is 0 Å². The van der Waals surface area contributed by atoms with Crippen LogP contribution in [0.3, 0.4) is 0 Å². The summed E-state index contributed by atoms with van der Waals surface area (Å²) < 4.78 is 7.83. The molecule has 0 aliphatic rings. The first-order valence-corrected chi connectivity index (χ1v) is 6.85. The minimum Gasteiger partial charge on any atom is -0.336 e. The molecule has 0 aliphatic carbocycles. The number of benzene rings is 1. The second-order valence-corrected chi connectivity index (χ2v) is 4.67. The molecule has 1 aromatic carbocycles. The van der Waals surface area contributed by atoms with Crippen LogP contribution < -0.4 is 5.73 Å². The molecule has 2 rings (SSSR count). The first-order valence-electron chi connectivity index (χ1n) is 6.12. The molecule has 0 fully saturated rings. The van der Waals surface area contributed by atoms with E-state index in [1.165, 1.54) is 11.8 Å². The molecule has 2 N–H and O–H groups in total. The van der Waals surface area contributed by atoms with E-state index in [1.54, 1.807) is 4.90 Å². The largest absolute Gasteiger partial charge is 0.336 e. The van der Waals surface area contributed by atoms with Crippen LogP contribution in [0, 0.1) is 0 Å². The van der Waals surface area contributed by atoms with Crippen LogP contribution in [0.4, 0.5) is 0 Å². The lowest BCUT2D eigenvalue weighted by atomic mass is 10.1. The van der Waals surface area contributed by atoms with E-state index in [-0.39, 0.29) is 5.91 Å². The Kier molecular flexibility index (Phi) is 5.00. The van der Waals surface area contributed by atoms with E-state index in [0.29, 0.717) is 25.3 Å². The number of hydrogen-bond acceptors (Lipinski definition) is 5. The molecule has 5 nitrogen and oxygen atoms in total. The average Bonchev–Trinajstić information content (AvgIpc) is 2.98. The molecule has 0 saturated heterocycles. The maximum Gasteiger partial charge on any atom is 0.275 e. The summed E-state index contributed by atoms with van der Waals surface area (Å²) in [6.45, 7) is 1.61. The molecule has 0 radical (unpaired) electrons. The molecular weight excluding hydrogens is 260 g/mol. The summed E-state index contributed by atoms with van der Waals surface area (Å²) in [5.41, 5.74) is 7.16. The fourth-order valence-corrected chi connectivity index (χ4v) is 2.21. The molecule has 1 amide bonds. The summed E-state index contributed by atoms with van der Waals surface area (Å²) in [6, 6.07) is 10.1. The Bertz CT molecular complexity index is 501. The molecule has 19 heavy (non-hydrogen) atoms. The SMILES string of the molecule is NCCN(CCc1ccccc1)C(=O)c1cnsn1. The van der Waals surface area contributed by atoms with Gasteiger partial charge in [0.25, 0.3) is 5.91 Å². The molecule has 2 aromatic rings. The molecule has 0 aliphatic heterocycles. The monoisotopic (exact) mass is 276 g/mol. The predicted molar refractivity (Wildman–Crippen MR) is 75.0 cm³/mol. The third-order valence-corrected chi connectivity index (χ3v) is 3.26. The molecule has 0 spiro atoms. The highest BCUT2D eigenvalue weighted by Crippen LogP contribution is 2.05. The number of aromatic nitrogens is 2.